The number of amides is 2. The van der Waals surface area contributed by atoms with Crippen molar-refractivity contribution in [1.29, 1.82) is 0 Å². The van der Waals surface area contributed by atoms with Crippen molar-refractivity contribution in [1.82, 2.24) is 9.80 Å². The zero-order valence-electron chi connectivity index (χ0n) is 9.05. The molecule has 0 bridgehead atoms. The summed E-state index contributed by atoms with van der Waals surface area (Å²) in [5.41, 5.74) is 0. The molecule has 1 N–H and O–H groups in total. The van der Waals surface area contributed by atoms with Gasteiger partial charge in [0.25, 0.3) is 0 Å². The summed E-state index contributed by atoms with van der Waals surface area (Å²) in [5.74, 6) is -1.63. The Bertz CT molecular complexity index is 331. The van der Waals surface area contributed by atoms with Gasteiger partial charge in [0.1, 0.15) is 0 Å². The van der Waals surface area contributed by atoms with E-state index in [0.717, 1.165) is 0 Å². The standard InChI is InChI=1S/C10H14N2O4/c1-11-9(15)6-4-12(3-2-8(13)14)5-7(6)10(11)16/h6-7H,2-5H2,1H3,(H,13,14)/t6-,7-/m1/s1. The molecular formula is C10H14N2O4. The first-order valence-electron chi connectivity index (χ1n) is 5.26. The lowest BCUT2D eigenvalue weighted by atomic mass is 10.00. The molecule has 0 aromatic rings. The van der Waals surface area contributed by atoms with Gasteiger partial charge in [-0.25, -0.2) is 0 Å². The van der Waals surface area contributed by atoms with Crippen molar-refractivity contribution in [3.8, 4) is 0 Å². The summed E-state index contributed by atoms with van der Waals surface area (Å²) >= 11 is 0. The minimum Gasteiger partial charge on any atom is -0.481 e. The molecule has 2 rings (SSSR count). The Kier molecular flexibility index (Phi) is 2.67. The molecule has 2 amide bonds. The van der Waals surface area contributed by atoms with E-state index in [1.165, 1.54) is 11.9 Å². The number of aliphatic carboxylic acids is 1. The highest BCUT2D eigenvalue weighted by molar-refractivity contribution is 6.05. The van der Waals surface area contributed by atoms with Crippen molar-refractivity contribution < 1.29 is 19.5 Å². The highest BCUT2D eigenvalue weighted by atomic mass is 16.4. The number of hydrogen-bond acceptors (Lipinski definition) is 4. The van der Waals surface area contributed by atoms with Crippen LogP contribution in [-0.4, -0.2) is 59.4 Å². The molecule has 0 unspecified atom stereocenters. The third kappa shape index (κ3) is 1.69. The zero-order valence-corrected chi connectivity index (χ0v) is 9.05. The number of likely N-dealkylation sites (tertiary alicyclic amines) is 2. The first kappa shape index (κ1) is 11.1. The summed E-state index contributed by atoms with van der Waals surface area (Å²) in [6, 6.07) is 0. The minimum atomic E-state index is -0.855. The molecule has 6 nitrogen and oxygen atoms in total. The lowest BCUT2D eigenvalue weighted by molar-refractivity contribution is -0.138. The van der Waals surface area contributed by atoms with Crippen LogP contribution >= 0.6 is 0 Å². The fourth-order valence-electron chi connectivity index (χ4n) is 2.43. The van der Waals surface area contributed by atoms with Gasteiger partial charge in [-0.1, -0.05) is 0 Å². The largest absolute Gasteiger partial charge is 0.481 e. The van der Waals surface area contributed by atoms with Crippen LogP contribution in [-0.2, 0) is 14.4 Å². The van der Waals surface area contributed by atoms with E-state index >= 15 is 0 Å². The average molecular weight is 226 g/mol. The van der Waals surface area contributed by atoms with Crippen LogP contribution in [0.15, 0.2) is 0 Å². The van der Waals surface area contributed by atoms with E-state index in [0.29, 0.717) is 19.6 Å². The third-order valence-electron chi connectivity index (χ3n) is 3.33. The first-order valence-corrected chi connectivity index (χ1v) is 5.26. The maximum Gasteiger partial charge on any atom is 0.304 e. The second-order valence-electron chi connectivity index (χ2n) is 4.35. The Morgan fingerprint density at radius 2 is 1.81 bits per heavy atom. The van der Waals surface area contributed by atoms with E-state index < -0.39 is 5.97 Å². The van der Waals surface area contributed by atoms with E-state index in [1.807, 2.05) is 4.90 Å². The molecule has 16 heavy (non-hydrogen) atoms. The fraction of sp³-hybridized carbons (Fsp3) is 0.700. The average Bonchev–Trinajstić information content (AvgIpc) is 2.73. The summed E-state index contributed by atoms with van der Waals surface area (Å²) in [5, 5.41) is 8.55. The van der Waals surface area contributed by atoms with Crippen LogP contribution in [0, 0.1) is 11.8 Å². The molecule has 2 atom stereocenters. The van der Waals surface area contributed by atoms with Crippen molar-refractivity contribution >= 4 is 17.8 Å². The number of nitrogens with zero attached hydrogens (tertiary/aromatic N) is 2. The lowest BCUT2D eigenvalue weighted by Gasteiger charge is -2.16. The van der Waals surface area contributed by atoms with Crippen LogP contribution in [0.1, 0.15) is 6.42 Å². The van der Waals surface area contributed by atoms with Crippen LogP contribution < -0.4 is 0 Å². The van der Waals surface area contributed by atoms with E-state index in [1.54, 1.807) is 0 Å². The Morgan fingerprint density at radius 3 is 2.25 bits per heavy atom. The molecule has 0 radical (unpaired) electrons. The van der Waals surface area contributed by atoms with Gasteiger partial charge in [-0.15, -0.1) is 0 Å². The SMILES string of the molecule is CN1C(=O)[C@@H]2CN(CCC(=O)O)C[C@H]2C1=O. The maximum atomic E-state index is 11.6. The molecule has 2 aliphatic rings. The lowest BCUT2D eigenvalue weighted by Crippen LogP contribution is -2.33. The van der Waals surface area contributed by atoms with Crippen molar-refractivity contribution in [3.63, 3.8) is 0 Å². The smallest absolute Gasteiger partial charge is 0.304 e. The summed E-state index contributed by atoms with van der Waals surface area (Å²) in [7, 11) is 1.50. The minimum absolute atomic E-state index is 0.0532. The molecule has 2 heterocycles. The Labute approximate surface area is 92.8 Å². The molecular weight excluding hydrogens is 212 g/mol. The van der Waals surface area contributed by atoms with Crippen molar-refractivity contribution in [2.24, 2.45) is 11.8 Å². The van der Waals surface area contributed by atoms with Gasteiger partial charge in [-0.05, 0) is 0 Å². The number of imide groups is 1. The van der Waals surface area contributed by atoms with Gasteiger partial charge in [0.05, 0.1) is 18.3 Å². The second kappa shape index (κ2) is 3.86. The van der Waals surface area contributed by atoms with Crippen LogP contribution in [0.4, 0.5) is 0 Å². The molecule has 88 valence electrons. The Hall–Kier alpha value is -1.43. The van der Waals surface area contributed by atoms with E-state index in [-0.39, 0.29) is 30.1 Å². The summed E-state index contributed by atoms with van der Waals surface area (Å²) in [4.78, 5) is 36.8. The number of carbonyl (C=O) groups excluding carboxylic acids is 2. The quantitative estimate of drug-likeness (QED) is 0.625. The zero-order chi connectivity index (χ0) is 11.9. The second-order valence-corrected chi connectivity index (χ2v) is 4.35. The summed E-state index contributed by atoms with van der Waals surface area (Å²) in [6.07, 6.45) is 0.0532. The molecule has 2 saturated heterocycles. The normalized spacial score (nSPS) is 29.9. The Balaban J connectivity index is 1.97. The molecule has 2 aliphatic heterocycles. The summed E-state index contributed by atoms with van der Waals surface area (Å²) < 4.78 is 0. The van der Waals surface area contributed by atoms with Gasteiger partial charge < -0.3 is 10.0 Å². The molecule has 0 aromatic heterocycles. The first-order chi connectivity index (χ1) is 7.50. The monoisotopic (exact) mass is 226 g/mol. The summed E-state index contributed by atoms with van der Waals surface area (Å²) in [6.45, 7) is 1.42. The number of fused-ring (bicyclic) bond motifs is 1. The highest BCUT2D eigenvalue weighted by Gasteiger charge is 2.50. The van der Waals surface area contributed by atoms with Crippen molar-refractivity contribution in [2.45, 2.75) is 6.42 Å². The van der Waals surface area contributed by atoms with Gasteiger partial charge in [-0.2, -0.15) is 0 Å². The van der Waals surface area contributed by atoms with Gasteiger partial charge in [0.2, 0.25) is 11.8 Å². The van der Waals surface area contributed by atoms with Gasteiger partial charge in [0, 0.05) is 26.7 Å². The number of carboxylic acid groups (broad SMARTS) is 1. The molecule has 2 fully saturated rings. The predicted molar refractivity (Wildman–Crippen MR) is 53.4 cm³/mol. The van der Waals surface area contributed by atoms with Crippen LogP contribution in [0.2, 0.25) is 0 Å². The maximum absolute atomic E-state index is 11.6. The van der Waals surface area contributed by atoms with Crippen LogP contribution in [0.5, 0.6) is 0 Å². The Morgan fingerprint density at radius 1 is 1.31 bits per heavy atom. The highest BCUT2D eigenvalue weighted by Crippen LogP contribution is 2.32. The third-order valence-corrected chi connectivity index (χ3v) is 3.33. The molecule has 0 spiro atoms. The predicted octanol–water partition coefficient (Wildman–Crippen LogP) is -0.992. The van der Waals surface area contributed by atoms with Crippen molar-refractivity contribution in [2.75, 3.05) is 26.7 Å². The molecule has 0 saturated carbocycles. The van der Waals surface area contributed by atoms with Crippen LogP contribution in [0.3, 0.4) is 0 Å². The molecule has 0 aliphatic carbocycles. The number of carboxylic acids is 1. The van der Waals surface area contributed by atoms with E-state index in [4.69, 9.17) is 5.11 Å². The fourth-order valence-corrected chi connectivity index (χ4v) is 2.43. The topological polar surface area (TPSA) is 77.9 Å². The van der Waals surface area contributed by atoms with Gasteiger partial charge >= 0.3 is 5.97 Å². The van der Waals surface area contributed by atoms with E-state index in [9.17, 15) is 14.4 Å². The van der Waals surface area contributed by atoms with Gasteiger partial charge in [0.15, 0.2) is 0 Å². The molecule has 6 heteroatoms. The van der Waals surface area contributed by atoms with Crippen LogP contribution in [0.25, 0.3) is 0 Å². The van der Waals surface area contributed by atoms with Crippen molar-refractivity contribution in [3.05, 3.63) is 0 Å². The molecule has 0 aromatic carbocycles. The number of carbonyl (C=O) groups is 3. The number of hydrogen-bond donors (Lipinski definition) is 1. The van der Waals surface area contributed by atoms with Gasteiger partial charge in [-0.3, -0.25) is 19.3 Å². The number of rotatable bonds is 3. The van der Waals surface area contributed by atoms with E-state index in [2.05, 4.69) is 0 Å².